The molecule has 0 atom stereocenters. The molecule has 1 aromatic carbocycles. The lowest BCUT2D eigenvalue weighted by Gasteiger charge is -2.07. The smallest absolute Gasteiger partial charge is 0.116 e. The predicted molar refractivity (Wildman–Crippen MR) is 53.3 cm³/mol. The summed E-state index contributed by atoms with van der Waals surface area (Å²) in [6, 6.07) is 3.50. The topological polar surface area (TPSA) is 32.3 Å². The summed E-state index contributed by atoms with van der Waals surface area (Å²) in [5.41, 5.74) is 2.13. The first-order valence-corrected chi connectivity index (χ1v) is 4.57. The first-order chi connectivity index (χ1) is 5.65. The number of phenolic OH excluding ortho intramolecular Hbond substituents is 1. The zero-order valence-electron chi connectivity index (χ0n) is 7.19. The van der Waals surface area contributed by atoms with Crippen molar-refractivity contribution in [2.45, 2.75) is 13.5 Å². The lowest BCUT2D eigenvalue weighted by molar-refractivity contribution is 0.473. The summed E-state index contributed by atoms with van der Waals surface area (Å²) in [4.78, 5) is 0. The van der Waals surface area contributed by atoms with Gasteiger partial charge in [-0.05, 0) is 37.2 Å². The van der Waals surface area contributed by atoms with Crippen LogP contribution in [0.2, 0.25) is 0 Å². The number of aromatic hydroxyl groups is 1. The van der Waals surface area contributed by atoms with Crippen LogP contribution in [0.25, 0.3) is 0 Å². The third-order valence-corrected chi connectivity index (χ3v) is 2.82. The lowest BCUT2D eigenvalue weighted by atomic mass is 10.1. The van der Waals surface area contributed by atoms with E-state index < -0.39 is 0 Å². The van der Waals surface area contributed by atoms with Crippen molar-refractivity contribution >= 4 is 15.9 Å². The maximum atomic E-state index is 9.30. The fraction of sp³-hybridized carbons (Fsp3) is 0.333. The molecule has 0 unspecified atom stereocenters. The van der Waals surface area contributed by atoms with Crippen molar-refractivity contribution in [3.63, 3.8) is 0 Å². The molecule has 0 bridgehead atoms. The molecule has 0 saturated carbocycles. The summed E-state index contributed by atoms with van der Waals surface area (Å²) >= 11 is 3.46. The molecular formula is C9H12BrNO. The molecule has 0 amide bonds. The molecule has 2 nitrogen and oxygen atoms in total. The SMILES string of the molecule is CNCc1cc(O)cc(C)c1Br. The molecule has 1 aromatic rings. The maximum Gasteiger partial charge on any atom is 0.116 e. The van der Waals surface area contributed by atoms with Gasteiger partial charge in [-0.3, -0.25) is 0 Å². The Bertz CT molecular complexity index is 286. The van der Waals surface area contributed by atoms with Crippen molar-refractivity contribution in [3.05, 3.63) is 27.7 Å². The molecule has 0 fully saturated rings. The van der Waals surface area contributed by atoms with Gasteiger partial charge in [0.1, 0.15) is 5.75 Å². The Kier molecular flexibility index (Phi) is 3.12. The van der Waals surface area contributed by atoms with Gasteiger partial charge in [0.2, 0.25) is 0 Å². The standard InChI is InChI=1S/C9H12BrNO/c1-6-3-8(12)4-7(5-11-2)9(6)10/h3-4,11-12H,5H2,1-2H3. The first kappa shape index (κ1) is 9.55. The van der Waals surface area contributed by atoms with Crippen LogP contribution in [0.15, 0.2) is 16.6 Å². The second kappa shape index (κ2) is 3.92. The molecule has 0 radical (unpaired) electrons. The van der Waals surface area contributed by atoms with Crippen molar-refractivity contribution in [2.75, 3.05) is 7.05 Å². The second-order valence-electron chi connectivity index (χ2n) is 2.77. The molecule has 0 spiro atoms. The second-order valence-corrected chi connectivity index (χ2v) is 3.56. The van der Waals surface area contributed by atoms with Crippen LogP contribution in [-0.2, 0) is 6.54 Å². The highest BCUT2D eigenvalue weighted by Gasteiger charge is 2.03. The van der Waals surface area contributed by atoms with E-state index in [1.165, 1.54) is 0 Å². The van der Waals surface area contributed by atoms with Gasteiger partial charge in [-0.15, -0.1) is 0 Å². The molecule has 0 saturated heterocycles. The summed E-state index contributed by atoms with van der Waals surface area (Å²) in [6.07, 6.45) is 0. The van der Waals surface area contributed by atoms with Crippen LogP contribution >= 0.6 is 15.9 Å². The number of aryl methyl sites for hydroxylation is 1. The van der Waals surface area contributed by atoms with E-state index in [9.17, 15) is 5.11 Å². The third-order valence-electron chi connectivity index (χ3n) is 1.68. The number of hydrogen-bond donors (Lipinski definition) is 2. The fourth-order valence-corrected chi connectivity index (χ4v) is 1.51. The van der Waals surface area contributed by atoms with E-state index in [-0.39, 0.29) is 0 Å². The molecule has 3 heteroatoms. The van der Waals surface area contributed by atoms with Crippen molar-refractivity contribution in [1.82, 2.24) is 5.32 Å². The maximum absolute atomic E-state index is 9.30. The van der Waals surface area contributed by atoms with Crippen LogP contribution < -0.4 is 5.32 Å². The van der Waals surface area contributed by atoms with Crippen LogP contribution in [0.4, 0.5) is 0 Å². The third kappa shape index (κ3) is 1.99. The van der Waals surface area contributed by atoms with Gasteiger partial charge in [0, 0.05) is 11.0 Å². The van der Waals surface area contributed by atoms with Crippen LogP contribution in [0.1, 0.15) is 11.1 Å². The van der Waals surface area contributed by atoms with E-state index in [2.05, 4.69) is 21.2 Å². The number of rotatable bonds is 2. The molecular weight excluding hydrogens is 218 g/mol. The van der Waals surface area contributed by atoms with Gasteiger partial charge in [-0.1, -0.05) is 15.9 Å². The number of nitrogens with one attached hydrogen (secondary N) is 1. The van der Waals surface area contributed by atoms with E-state index in [1.54, 1.807) is 12.1 Å². The Morgan fingerprint density at radius 1 is 1.50 bits per heavy atom. The Morgan fingerprint density at radius 3 is 2.75 bits per heavy atom. The Labute approximate surface area is 80.7 Å². The van der Waals surface area contributed by atoms with E-state index >= 15 is 0 Å². The Hall–Kier alpha value is -0.540. The van der Waals surface area contributed by atoms with Gasteiger partial charge in [0.25, 0.3) is 0 Å². The molecule has 1 rings (SSSR count). The Balaban J connectivity index is 3.09. The predicted octanol–water partition coefficient (Wildman–Crippen LogP) is 2.18. The summed E-state index contributed by atoms with van der Waals surface area (Å²) in [7, 11) is 1.88. The number of halogens is 1. The largest absolute Gasteiger partial charge is 0.508 e. The fourth-order valence-electron chi connectivity index (χ4n) is 1.14. The summed E-state index contributed by atoms with van der Waals surface area (Å²) in [6.45, 7) is 2.72. The van der Waals surface area contributed by atoms with Gasteiger partial charge in [-0.25, -0.2) is 0 Å². The highest BCUT2D eigenvalue weighted by molar-refractivity contribution is 9.10. The van der Waals surface area contributed by atoms with Gasteiger partial charge in [0.05, 0.1) is 0 Å². The normalized spacial score (nSPS) is 10.2. The van der Waals surface area contributed by atoms with Crippen molar-refractivity contribution in [3.8, 4) is 5.75 Å². The monoisotopic (exact) mass is 229 g/mol. The lowest BCUT2D eigenvalue weighted by Crippen LogP contribution is -2.05. The van der Waals surface area contributed by atoms with Crippen LogP contribution in [0.5, 0.6) is 5.75 Å². The first-order valence-electron chi connectivity index (χ1n) is 3.77. The number of hydrogen-bond acceptors (Lipinski definition) is 2. The molecule has 0 aliphatic heterocycles. The van der Waals surface area contributed by atoms with Crippen LogP contribution in [0.3, 0.4) is 0 Å². The van der Waals surface area contributed by atoms with E-state index in [0.29, 0.717) is 5.75 Å². The minimum atomic E-state index is 0.320. The molecule has 0 aromatic heterocycles. The van der Waals surface area contributed by atoms with Gasteiger partial charge >= 0.3 is 0 Å². The summed E-state index contributed by atoms with van der Waals surface area (Å²) in [5.74, 6) is 0.320. The minimum Gasteiger partial charge on any atom is -0.508 e. The molecule has 0 aliphatic rings. The van der Waals surface area contributed by atoms with Gasteiger partial charge in [-0.2, -0.15) is 0 Å². The molecule has 2 N–H and O–H groups in total. The summed E-state index contributed by atoms with van der Waals surface area (Å²) < 4.78 is 1.06. The Morgan fingerprint density at radius 2 is 2.17 bits per heavy atom. The summed E-state index contributed by atoms with van der Waals surface area (Å²) in [5, 5.41) is 12.3. The van der Waals surface area contributed by atoms with Gasteiger partial charge < -0.3 is 10.4 Å². The van der Waals surface area contributed by atoms with E-state index in [0.717, 1.165) is 22.1 Å². The van der Waals surface area contributed by atoms with Crippen molar-refractivity contribution < 1.29 is 5.11 Å². The zero-order chi connectivity index (χ0) is 9.14. The van der Waals surface area contributed by atoms with Crippen LogP contribution in [-0.4, -0.2) is 12.2 Å². The van der Waals surface area contributed by atoms with Crippen molar-refractivity contribution in [1.29, 1.82) is 0 Å². The number of phenols is 1. The minimum absolute atomic E-state index is 0.320. The zero-order valence-corrected chi connectivity index (χ0v) is 8.77. The average Bonchev–Trinajstić information content (AvgIpc) is 2.00. The highest BCUT2D eigenvalue weighted by atomic mass is 79.9. The average molecular weight is 230 g/mol. The van der Waals surface area contributed by atoms with Crippen LogP contribution in [0, 0.1) is 6.92 Å². The number of benzene rings is 1. The van der Waals surface area contributed by atoms with E-state index in [1.807, 2.05) is 14.0 Å². The molecule has 66 valence electrons. The van der Waals surface area contributed by atoms with E-state index in [4.69, 9.17) is 0 Å². The van der Waals surface area contributed by atoms with Crippen molar-refractivity contribution in [2.24, 2.45) is 0 Å². The molecule has 12 heavy (non-hydrogen) atoms. The quantitative estimate of drug-likeness (QED) is 0.816. The molecule has 0 aliphatic carbocycles. The van der Waals surface area contributed by atoms with Gasteiger partial charge in [0.15, 0.2) is 0 Å². The highest BCUT2D eigenvalue weighted by Crippen LogP contribution is 2.25. The molecule has 0 heterocycles.